The standard InChI is InChI=1S/C19H38N2O3/c1-17(2)21-10-8-20(9-11-21)12-14-24-16-15-23-13-6-7-18(22)19(3,4)5/h17H,6-16H2,1-5H3. The van der Waals surface area contributed by atoms with Gasteiger partial charge in [-0.2, -0.15) is 0 Å². The van der Waals surface area contributed by atoms with E-state index in [0.717, 1.165) is 45.8 Å². The van der Waals surface area contributed by atoms with Crippen LogP contribution in [-0.4, -0.2) is 80.8 Å². The fourth-order valence-corrected chi connectivity index (χ4v) is 2.73. The van der Waals surface area contributed by atoms with Gasteiger partial charge in [0, 0.05) is 57.2 Å². The van der Waals surface area contributed by atoms with Gasteiger partial charge in [0.2, 0.25) is 0 Å². The van der Waals surface area contributed by atoms with Crippen LogP contribution in [0.1, 0.15) is 47.5 Å². The molecule has 1 heterocycles. The summed E-state index contributed by atoms with van der Waals surface area (Å²) in [6.45, 7) is 18.7. The second-order valence-corrected chi connectivity index (χ2v) is 7.97. The quantitative estimate of drug-likeness (QED) is 0.540. The van der Waals surface area contributed by atoms with Crippen molar-refractivity contribution in [1.82, 2.24) is 9.80 Å². The fourth-order valence-electron chi connectivity index (χ4n) is 2.73. The number of carbonyl (C=O) groups is 1. The van der Waals surface area contributed by atoms with Gasteiger partial charge in [-0.25, -0.2) is 0 Å². The molecule has 0 unspecified atom stereocenters. The van der Waals surface area contributed by atoms with E-state index in [1.54, 1.807) is 0 Å². The summed E-state index contributed by atoms with van der Waals surface area (Å²) in [4.78, 5) is 16.8. The number of nitrogens with zero attached hydrogens (tertiary/aromatic N) is 2. The molecule has 0 N–H and O–H groups in total. The Morgan fingerprint density at radius 1 is 0.958 bits per heavy atom. The van der Waals surface area contributed by atoms with Gasteiger partial charge in [0.15, 0.2) is 0 Å². The number of hydrogen-bond acceptors (Lipinski definition) is 5. The van der Waals surface area contributed by atoms with Crippen LogP contribution >= 0.6 is 0 Å². The maximum Gasteiger partial charge on any atom is 0.138 e. The number of piperazine rings is 1. The third kappa shape index (κ3) is 9.11. The molecule has 5 nitrogen and oxygen atoms in total. The molecule has 24 heavy (non-hydrogen) atoms. The largest absolute Gasteiger partial charge is 0.379 e. The molecule has 1 saturated heterocycles. The summed E-state index contributed by atoms with van der Waals surface area (Å²) in [7, 11) is 0. The van der Waals surface area contributed by atoms with E-state index in [9.17, 15) is 4.79 Å². The summed E-state index contributed by atoms with van der Waals surface area (Å²) in [5.74, 6) is 0.305. The van der Waals surface area contributed by atoms with Crippen molar-refractivity contribution in [2.24, 2.45) is 5.41 Å². The topological polar surface area (TPSA) is 42.0 Å². The van der Waals surface area contributed by atoms with Crippen LogP contribution in [-0.2, 0) is 14.3 Å². The lowest BCUT2D eigenvalue weighted by atomic mass is 9.88. The molecule has 0 aromatic rings. The summed E-state index contributed by atoms with van der Waals surface area (Å²) >= 11 is 0. The van der Waals surface area contributed by atoms with Crippen molar-refractivity contribution in [1.29, 1.82) is 0 Å². The molecule has 0 amide bonds. The van der Waals surface area contributed by atoms with Crippen molar-refractivity contribution < 1.29 is 14.3 Å². The molecular weight excluding hydrogens is 304 g/mol. The molecule has 1 rings (SSSR count). The average Bonchev–Trinajstić information content (AvgIpc) is 2.52. The highest BCUT2D eigenvalue weighted by Crippen LogP contribution is 2.17. The van der Waals surface area contributed by atoms with Gasteiger partial charge in [-0.3, -0.25) is 14.6 Å². The highest BCUT2D eigenvalue weighted by molar-refractivity contribution is 5.83. The lowest BCUT2D eigenvalue weighted by Crippen LogP contribution is -2.49. The van der Waals surface area contributed by atoms with Crippen molar-refractivity contribution in [2.75, 3.05) is 59.2 Å². The van der Waals surface area contributed by atoms with Crippen molar-refractivity contribution in [3.8, 4) is 0 Å². The second-order valence-electron chi connectivity index (χ2n) is 7.97. The first kappa shape index (κ1) is 21.6. The minimum absolute atomic E-state index is 0.232. The van der Waals surface area contributed by atoms with Gasteiger partial charge < -0.3 is 9.47 Å². The van der Waals surface area contributed by atoms with Crippen LogP contribution < -0.4 is 0 Å². The molecule has 0 saturated carbocycles. The van der Waals surface area contributed by atoms with Crippen LogP contribution in [0.5, 0.6) is 0 Å². The van der Waals surface area contributed by atoms with E-state index in [4.69, 9.17) is 9.47 Å². The third-order valence-electron chi connectivity index (χ3n) is 4.59. The molecule has 5 heteroatoms. The second kappa shape index (κ2) is 11.2. The summed E-state index contributed by atoms with van der Waals surface area (Å²) in [6, 6.07) is 0.652. The molecule has 142 valence electrons. The molecule has 0 aliphatic carbocycles. The van der Waals surface area contributed by atoms with Gasteiger partial charge in [-0.15, -0.1) is 0 Å². The summed E-state index contributed by atoms with van der Waals surface area (Å²) in [6.07, 6.45) is 1.41. The molecule has 0 radical (unpaired) electrons. The van der Waals surface area contributed by atoms with Gasteiger partial charge in [0.25, 0.3) is 0 Å². The van der Waals surface area contributed by atoms with Crippen LogP contribution in [0.4, 0.5) is 0 Å². The van der Waals surface area contributed by atoms with E-state index >= 15 is 0 Å². The minimum atomic E-state index is -0.232. The SMILES string of the molecule is CC(C)N1CCN(CCOCCOCCCC(=O)C(C)(C)C)CC1. The Morgan fingerprint density at radius 2 is 1.54 bits per heavy atom. The van der Waals surface area contributed by atoms with E-state index in [1.165, 1.54) is 0 Å². The molecular formula is C19H38N2O3. The molecule has 1 aliphatic rings. The number of rotatable bonds is 11. The molecule has 0 spiro atoms. The lowest BCUT2D eigenvalue weighted by Gasteiger charge is -2.36. The smallest absolute Gasteiger partial charge is 0.138 e. The maximum atomic E-state index is 11.8. The zero-order chi connectivity index (χ0) is 18.0. The molecule has 0 aromatic heterocycles. The van der Waals surface area contributed by atoms with Crippen LogP contribution in [0.3, 0.4) is 0 Å². The zero-order valence-electron chi connectivity index (χ0n) is 16.5. The molecule has 0 atom stereocenters. The monoisotopic (exact) mass is 342 g/mol. The highest BCUT2D eigenvalue weighted by Gasteiger charge is 2.20. The van der Waals surface area contributed by atoms with Crippen molar-refractivity contribution in [2.45, 2.75) is 53.5 Å². The Balaban J connectivity index is 1.89. The van der Waals surface area contributed by atoms with Gasteiger partial charge in [-0.05, 0) is 20.3 Å². The zero-order valence-corrected chi connectivity index (χ0v) is 16.5. The number of Topliss-reactive ketones (excluding diaryl/α,β-unsaturated/α-hetero) is 1. The van der Waals surface area contributed by atoms with E-state index in [1.807, 2.05) is 20.8 Å². The van der Waals surface area contributed by atoms with Crippen molar-refractivity contribution in [3.63, 3.8) is 0 Å². The van der Waals surface area contributed by atoms with Gasteiger partial charge in [0.05, 0.1) is 19.8 Å². The third-order valence-corrected chi connectivity index (χ3v) is 4.59. The highest BCUT2D eigenvalue weighted by atomic mass is 16.5. The Labute approximate surface area is 148 Å². The Bertz CT molecular complexity index is 345. The number of ether oxygens (including phenoxy) is 2. The molecule has 0 bridgehead atoms. The molecule has 1 fully saturated rings. The average molecular weight is 343 g/mol. The lowest BCUT2D eigenvalue weighted by molar-refractivity contribution is -0.126. The van der Waals surface area contributed by atoms with Crippen LogP contribution in [0, 0.1) is 5.41 Å². The number of ketones is 1. The summed E-state index contributed by atoms with van der Waals surface area (Å²) in [5, 5.41) is 0. The maximum absolute atomic E-state index is 11.8. The first-order valence-electron chi connectivity index (χ1n) is 9.46. The Kier molecular flexibility index (Phi) is 10.0. The predicted molar refractivity (Wildman–Crippen MR) is 98.5 cm³/mol. The predicted octanol–water partition coefficient (Wildman–Crippen LogP) is 2.44. The van der Waals surface area contributed by atoms with Crippen LogP contribution in [0.25, 0.3) is 0 Å². The fraction of sp³-hybridized carbons (Fsp3) is 0.947. The first-order chi connectivity index (χ1) is 11.3. The van der Waals surface area contributed by atoms with E-state index < -0.39 is 0 Å². The minimum Gasteiger partial charge on any atom is -0.379 e. The Hall–Kier alpha value is -0.490. The van der Waals surface area contributed by atoms with Gasteiger partial charge in [-0.1, -0.05) is 20.8 Å². The number of carbonyl (C=O) groups excluding carboxylic acids is 1. The van der Waals surface area contributed by atoms with Crippen molar-refractivity contribution >= 4 is 5.78 Å². The number of hydrogen-bond donors (Lipinski definition) is 0. The summed E-state index contributed by atoms with van der Waals surface area (Å²) in [5.41, 5.74) is -0.232. The molecule has 1 aliphatic heterocycles. The van der Waals surface area contributed by atoms with Gasteiger partial charge in [0.1, 0.15) is 5.78 Å². The normalized spacial score (nSPS) is 17.6. The van der Waals surface area contributed by atoms with Gasteiger partial charge >= 0.3 is 0 Å². The Morgan fingerprint density at radius 3 is 2.08 bits per heavy atom. The van der Waals surface area contributed by atoms with Crippen molar-refractivity contribution in [3.05, 3.63) is 0 Å². The van der Waals surface area contributed by atoms with E-state index in [2.05, 4.69) is 23.6 Å². The van der Waals surface area contributed by atoms with Crippen LogP contribution in [0.15, 0.2) is 0 Å². The van der Waals surface area contributed by atoms with Crippen LogP contribution in [0.2, 0.25) is 0 Å². The first-order valence-corrected chi connectivity index (χ1v) is 9.46. The van der Waals surface area contributed by atoms with E-state index in [0.29, 0.717) is 38.1 Å². The summed E-state index contributed by atoms with van der Waals surface area (Å²) < 4.78 is 11.2. The van der Waals surface area contributed by atoms with E-state index in [-0.39, 0.29) is 5.41 Å². The molecule has 0 aromatic carbocycles.